The van der Waals surface area contributed by atoms with Crippen LogP contribution in [-0.2, 0) is 16.1 Å². The zero-order valence-corrected chi connectivity index (χ0v) is 21.3. The molecule has 3 amide bonds. The van der Waals surface area contributed by atoms with Crippen molar-refractivity contribution < 1.29 is 23.9 Å². The Hall–Kier alpha value is -4.08. The smallest absolute Gasteiger partial charge is 0.328 e. The van der Waals surface area contributed by atoms with E-state index in [-0.39, 0.29) is 41.5 Å². The summed E-state index contributed by atoms with van der Waals surface area (Å²) in [6.07, 6.45) is 3.61. The predicted octanol–water partition coefficient (Wildman–Crippen LogP) is 1.76. The van der Waals surface area contributed by atoms with Crippen molar-refractivity contribution in [1.82, 2.24) is 19.8 Å². The number of carbonyl (C=O) groups excluding carboxylic acids is 3. The highest BCUT2D eigenvalue weighted by Gasteiger charge is 2.46. The van der Waals surface area contributed by atoms with Gasteiger partial charge in [0.25, 0.3) is 0 Å². The summed E-state index contributed by atoms with van der Waals surface area (Å²) in [5, 5.41) is 12.1. The van der Waals surface area contributed by atoms with E-state index >= 15 is 0 Å². The second kappa shape index (κ2) is 10.7. The van der Waals surface area contributed by atoms with E-state index in [9.17, 15) is 19.6 Å². The summed E-state index contributed by atoms with van der Waals surface area (Å²) in [5.74, 6) is 1.24. The van der Waals surface area contributed by atoms with Crippen molar-refractivity contribution in [2.75, 3.05) is 57.2 Å². The van der Waals surface area contributed by atoms with Gasteiger partial charge in [-0.25, -0.2) is 14.8 Å². The number of aldehydes is 1. The summed E-state index contributed by atoms with van der Waals surface area (Å²) in [5.41, 5.74) is 2.06. The number of hydrogen-bond acceptors (Lipinski definition) is 9. The molecule has 2 bridgehead atoms. The molecule has 12 nitrogen and oxygen atoms in total. The maximum Gasteiger partial charge on any atom is 0.328 e. The molecule has 2 fully saturated rings. The zero-order valence-electron chi connectivity index (χ0n) is 21.3. The van der Waals surface area contributed by atoms with Crippen molar-refractivity contribution >= 4 is 29.9 Å². The first kappa shape index (κ1) is 25.6. The molecule has 198 valence electrons. The Labute approximate surface area is 220 Å². The van der Waals surface area contributed by atoms with Gasteiger partial charge in [0.15, 0.2) is 6.29 Å². The minimum Gasteiger partial charge on any atom is -0.490 e. The second-order valence-electron chi connectivity index (χ2n) is 9.76. The Kier molecular flexibility index (Phi) is 7.22. The number of aromatic nitrogens is 2. The lowest BCUT2D eigenvalue weighted by Gasteiger charge is -2.49. The summed E-state index contributed by atoms with van der Waals surface area (Å²) >= 11 is 0. The number of nitrogens with one attached hydrogen (secondary N) is 1. The van der Waals surface area contributed by atoms with Crippen LogP contribution in [0.4, 0.5) is 16.4 Å². The maximum atomic E-state index is 13.4. The largest absolute Gasteiger partial charge is 0.490 e. The lowest BCUT2D eigenvalue weighted by atomic mass is 9.71. The van der Waals surface area contributed by atoms with E-state index in [1.54, 1.807) is 16.9 Å². The number of rotatable bonds is 8. The number of nitriles is 1. The van der Waals surface area contributed by atoms with Gasteiger partial charge in [0.05, 0.1) is 19.3 Å². The summed E-state index contributed by atoms with van der Waals surface area (Å²) in [6.45, 7) is 2.59. The Morgan fingerprint density at radius 3 is 2.82 bits per heavy atom. The van der Waals surface area contributed by atoms with E-state index in [2.05, 4.69) is 15.3 Å². The van der Waals surface area contributed by atoms with E-state index in [1.807, 2.05) is 24.1 Å². The number of hydrogen-bond donors (Lipinski definition) is 1. The summed E-state index contributed by atoms with van der Waals surface area (Å²) in [4.78, 5) is 52.0. The standard InChI is InChI=1S/C26H29N7O5/c1-31-3-4-32(24(35)14-31)13-17-9-20-16-7-19(8-16)33(25(20)29-21(17)15-34)26(36)30-23-10-22(38-6-5-37-2)18(11-27)12-28-23/h9-10,12,15-16,19H,3-8,13-14H2,1-2H3,(H,28,30,36). The van der Waals surface area contributed by atoms with Crippen LogP contribution in [-0.4, -0.2) is 91.0 Å². The van der Waals surface area contributed by atoms with Crippen LogP contribution < -0.4 is 15.0 Å². The van der Waals surface area contributed by atoms with Crippen molar-refractivity contribution in [2.45, 2.75) is 31.3 Å². The molecule has 0 aromatic carbocycles. The van der Waals surface area contributed by atoms with Gasteiger partial charge in [-0.2, -0.15) is 5.26 Å². The molecule has 2 aromatic rings. The molecular formula is C26H29N7O5. The van der Waals surface area contributed by atoms with Crippen LogP contribution in [0.1, 0.15) is 45.9 Å². The highest BCUT2D eigenvalue weighted by atomic mass is 16.5. The molecule has 4 aliphatic rings. The summed E-state index contributed by atoms with van der Waals surface area (Å²) in [6, 6.07) is 4.98. The van der Waals surface area contributed by atoms with Crippen LogP contribution in [0.5, 0.6) is 5.75 Å². The molecule has 1 saturated heterocycles. The SMILES string of the molecule is COCCOc1cc(NC(=O)N2c3nc(C=O)c(CN4CCN(C)CC4=O)cc3C3CC2C3)ncc1C#N. The van der Waals surface area contributed by atoms with Crippen molar-refractivity contribution in [3.8, 4) is 11.8 Å². The zero-order chi connectivity index (χ0) is 26.8. The van der Waals surface area contributed by atoms with Crippen LogP contribution in [0.15, 0.2) is 18.3 Å². The molecule has 1 aliphatic carbocycles. The first-order valence-corrected chi connectivity index (χ1v) is 12.5. The minimum absolute atomic E-state index is 0.0125. The Morgan fingerprint density at radius 2 is 2.11 bits per heavy atom. The third kappa shape index (κ3) is 4.90. The minimum atomic E-state index is -0.430. The van der Waals surface area contributed by atoms with E-state index in [0.717, 1.165) is 24.9 Å². The summed E-state index contributed by atoms with van der Waals surface area (Å²) in [7, 11) is 3.45. The molecule has 6 rings (SSSR count). The van der Waals surface area contributed by atoms with Gasteiger partial charge in [0.2, 0.25) is 5.91 Å². The molecule has 2 aromatic heterocycles. The normalized spacial score (nSPS) is 20.3. The number of methoxy groups -OCH3 is 1. The van der Waals surface area contributed by atoms with E-state index in [0.29, 0.717) is 49.7 Å². The van der Waals surface area contributed by atoms with Crippen LogP contribution in [0.2, 0.25) is 0 Å². The van der Waals surface area contributed by atoms with Crippen LogP contribution in [0.25, 0.3) is 0 Å². The molecule has 0 unspecified atom stereocenters. The molecule has 12 heteroatoms. The topological polar surface area (TPSA) is 141 Å². The fourth-order valence-corrected chi connectivity index (χ4v) is 5.10. The first-order chi connectivity index (χ1) is 18.4. The van der Waals surface area contributed by atoms with Crippen molar-refractivity contribution in [2.24, 2.45) is 0 Å². The van der Waals surface area contributed by atoms with E-state index in [1.165, 1.54) is 12.3 Å². The third-order valence-electron chi connectivity index (χ3n) is 7.26. The molecule has 1 N–H and O–H groups in total. The number of pyridine rings is 2. The number of nitrogens with zero attached hydrogens (tertiary/aromatic N) is 6. The lowest BCUT2D eigenvalue weighted by molar-refractivity contribution is -0.136. The van der Waals surface area contributed by atoms with Crippen molar-refractivity contribution in [3.63, 3.8) is 0 Å². The van der Waals surface area contributed by atoms with Gasteiger partial charge in [0, 0.05) is 44.4 Å². The van der Waals surface area contributed by atoms with Gasteiger partial charge in [-0.15, -0.1) is 0 Å². The Bertz CT molecular complexity index is 1300. The Balaban J connectivity index is 1.38. The fraction of sp³-hybridized carbons (Fsp3) is 0.462. The van der Waals surface area contributed by atoms with Gasteiger partial charge >= 0.3 is 6.03 Å². The van der Waals surface area contributed by atoms with E-state index in [4.69, 9.17) is 9.47 Å². The monoisotopic (exact) mass is 519 g/mol. The van der Waals surface area contributed by atoms with Crippen LogP contribution in [0.3, 0.4) is 0 Å². The average molecular weight is 520 g/mol. The van der Waals surface area contributed by atoms with Gasteiger partial charge in [-0.1, -0.05) is 0 Å². The first-order valence-electron chi connectivity index (χ1n) is 12.5. The second-order valence-corrected chi connectivity index (χ2v) is 9.76. The average Bonchev–Trinajstić information content (AvgIpc) is 2.88. The number of likely N-dealkylation sites (N-methyl/N-ethyl adjacent to an activating group) is 1. The number of amides is 3. The van der Waals surface area contributed by atoms with E-state index < -0.39 is 6.03 Å². The molecule has 1 saturated carbocycles. The lowest BCUT2D eigenvalue weighted by Crippen LogP contribution is -2.54. The molecule has 0 spiro atoms. The molecule has 3 aliphatic heterocycles. The molecule has 0 atom stereocenters. The van der Waals surface area contributed by atoms with Gasteiger partial charge in [-0.05, 0) is 37.4 Å². The van der Waals surface area contributed by atoms with Gasteiger partial charge < -0.3 is 14.4 Å². The van der Waals surface area contributed by atoms with Crippen LogP contribution in [0, 0.1) is 11.3 Å². The highest BCUT2D eigenvalue weighted by Crippen LogP contribution is 2.50. The number of ether oxygens (including phenoxy) is 2. The predicted molar refractivity (Wildman–Crippen MR) is 136 cm³/mol. The number of urea groups is 1. The summed E-state index contributed by atoms with van der Waals surface area (Å²) < 4.78 is 10.6. The number of piperazine rings is 1. The highest BCUT2D eigenvalue weighted by molar-refractivity contribution is 6.03. The van der Waals surface area contributed by atoms with Crippen molar-refractivity contribution in [3.05, 3.63) is 40.7 Å². The molecular weight excluding hydrogens is 490 g/mol. The maximum absolute atomic E-state index is 13.4. The number of carbonyl (C=O) groups is 3. The van der Waals surface area contributed by atoms with Crippen molar-refractivity contribution in [1.29, 1.82) is 5.26 Å². The Morgan fingerprint density at radius 1 is 1.29 bits per heavy atom. The third-order valence-corrected chi connectivity index (χ3v) is 7.26. The molecule has 5 heterocycles. The number of anilines is 2. The van der Waals surface area contributed by atoms with Gasteiger partial charge in [0.1, 0.15) is 41.3 Å². The quantitative estimate of drug-likeness (QED) is 0.408. The molecule has 0 radical (unpaired) electrons. The fourth-order valence-electron chi connectivity index (χ4n) is 5.10. The van der Waals surface area contributed by atoms with Gasteiger partial charge in [-0.3, -0.25) is 24.7 Å². The van der Waals surface area contributed by atoms with Crippen LogP contribution >= 0.6 is 0 Å². The molecule has 38 heavy (non-hydrogen) atoms.